The molecule has 0 radical (unpaired) electrons. The fourth-order valence-electron chi connectivity index (χ4n) is 2.33. The summed E-state index contributed by atoms with van der Waals surface area (Å²) in [5.74, 6) is 0.947. The first-order valence-electron chi connectivity index (χ1n) is 6.28. The van der Waals surface area contributed by atoms with Gasteiger partial charge in [-0.15, -0.1) is 0 Å². The number of rotatable bonds is 4. The number of ether oxygens (including phenoxy) is 1. The van der Waals surface area contributed by atoms with E-state index in [0.717, 1.165) is 13.1 Å². The summed E-state index contributed by atoms with van der Waals surface area (Å²) in [6.07, 6.45) is 3.77. The Morgan fingerprint density at radius 3 is 3.11 bits per heavy atom. The predicted octanol–water partition coefficient (Wildman–Crippen LogP) is 0.832. The van der Waals surface area contributed by atoms with E-state index >= 15 is 0 Å². The number of likely N-dealkylation sites (tertiary alicyclic amines) is 1. The summed E-state index contributed by atoms with van der Waals surface area (Å²) >= 11 is 0. The van der Waals surface area contributed by atoms with Gasteiger partial charge in [-0.1, -0.05) is 0 Å². The van der Waals surface area contributed by atoms with Gasteiger partial charge in [0.1, 0.15) is 12.0 Å². The summed E-state index contributed by atoms with van der Waals surface area (Å²) < 4.78 is 10.3. The number of piperidine rings is 1. The average molecular weight is 252 g/mol. The van der Waals surface area contributed by atoms with Gasteiger partial charge in [-0.05, 0) is 26.4 Å². The van der Waals surface area contributed by atoms with E-state index in [9.17, 15) is 4.79 Å². The summed E-state index contributed by atoms with van der Waals surface area (Å²) in [5.41, 5.74) is -0.124. The first-order chi connectivity index (χ1) is 8.72. The third-order valence-electron chi connectivity index (χ3n) is 3.37. The molecule has 0 aromatic carbocycles. The topological polar surface area (TPSA) is 54.7 Å². The van der Waals surface area contributed by atoms with Crippen LogP contribution < -0.4 is 15.5 Å². The monoisotopic (exact) mass is 252 g/mol. The first kappa shape index (κ1) is 13.1. The molecule has 0 saturated carbocycles. The van der Waals surface area contributed by atoms with Crippen LogP contribution in [-0.4, -0.2) is 38.2 Å². The van der Waals surface area contributed by atoms with Gasteiger partial charge < -0.3 is 14.5 Å². The molecule has 100 valence electrons. The normalized spacial score (nSPS) is 20.9. The molecule has 1 aliphatic heterocycles. The molecule has 1 aromatic heterocycles. The lowest BCUT2D eigenvalue weighted by molar-refractivity contribution is 0.174. The highest BCUT2D eigenvalue weighted by Gasteiger charge is 2.19. The van der Waals surface area contributed by atoms with E-state index in [1.807, 2.05) is 7.05 Å². The van der Waals surface area contributed by atoms with Gasteiger partial charge >= 0.3 is 0 Å². The molecule has 1 unspecified atom stereocenters. The molecule has 1 aromatic rings. The number of methoxy groups -OCH3 is 1. The maximum atomic E-state index is 11.6. The standard InChI is InChI=1S/C13H20N2O3/c1-14-10-4-3-5-15(7-10)8-11-6-12(16)13(17-2)9-18-11/h6,9-10,14H,3-5,7-8H2,1-2H3. The molecule has 0 spiro atoms. The first-order valence-corrected chi connectivity index (χ1v) is 6.28. The van der Waals surface area contributed by atoms with Crippen molar-refractivity contribution >= 4 is 0 Å². The third-order valence-corrected chi connectivity index (χ3v) is 3.37. The summed E-state index contributed by atoms with van der Waals surface area (Å²) in [7, 11) is 3.45. The van der Waals surface area contributed by atoms with Crippen molar-refractivity contribution in [2.75, 3.05) is 27.2 Å². The molecule has 1 aliphatic rings. The molecular formula is C13H20N2O3. The van der Waals surface area contributed by atoms with Crippen LogP contribution in [-0.2, 0) is 6.54 Å². The zero-order valence-electron chi connectivity index (χ0n) is 10.9. The highest BCUT2D eigenvalue weighted by molar-refractivity contribution is 5.17. The summed E-state index contributed by atoms with van der Waals surface area (Å²) in [6, 6.07) is 2.05. The van der Waals surface area contributed by atoms with Crippen LogP contribution in [0.3, 0.4) is 0 Å². The van der Waals surface area contributed by atoms with Crippen molar-refractivity contribution in [1.29, 1.82) is 0 Å². The smallest absolute Gasteiger partial charge is 0.227 e. The van der Waals surface area contributed by atoms with Gasteiger partial charge in [0.25, 0.3) is 0 Å². The highest BCUT2D eigenvalue weighted by Crippen LogP contribution is 2.14. The maximum Gasteiger partial charge on any atom is 0.227 e. The minimum Gasteiger partial charge on any atom is -0.490 e. The second-order valence-corrected chi connectivity index (χ2v) is 4.64. The zero-order chi connectivity index (χ0) is 13.0. The van der Waals surface area contributed by atoms with Crippen LogP contribution in [0.2, 0.25) is 0 Å². The van der Waals surface area contributed by atoms with Gasteiger partial charge in [0.05, 0.1) is 13.7 Å². The van der Waals surface area contributed by atoms with Crippen molar-refractivity contribution in [2.45, 2.75) is 25.4 Å². The van der Waals surface area contributed by atoms with Gasteiger partial charge in [0.2, 0.25) is 11.2 Å². The van der Waals surface area contributed by atoms with Crippen LogP contribution in [0.15, 0.2) is 21.5 Å². The fraction of sp³-hybridized carbons (Fsp3) is 0.615. The molecule has 2 heterocycles. The molecule has 1 fully saturated rings. The number of nitrogens with zero attached hydrogens (tertiary/aromatic N) is 1. The molecular weight excluding hydrogens is 232 g/mol. The minimum atomic E-state index is -0.124. The van der Waals surface area contributed by atoms with Gasteiger partial charge in [0, 0.05) is 18.7 Å². The Morgan fingerprint density at radius 1 is 1.61 bits per heavy atom. The van der Waals surface area contributed by atoms with Gasteiger partial charge in [-0.3, -0.25) is 9.69 Å². The molecule has 18 heavy (non-hydrogen) atoms. The number of hydrogen-bond donors (Lipinski definition) is 1. The lowest BCUT2D eigenvalue weighted by Gasteiger charge is -2.31. The van der Waals surface area contributed by atoms with Gasteiger partial charge in [-0.25, -0.2) is 0 Å². The number of hydrogen-bond acceptors (Lipinski definition) is 5. The van der Waals surface area contributed by atoms with E-state index in [0.29, 0.717) is 18.3 Å². The molecule has 5 heteroatoms. The molecule has 1 saturated heterocycles. The van der Waals surface area contributed by atoms with E-state index < -0.39 is 0 Å². The van der Waals surface area contributed by atoms with E-state index in [1.54, 1.807) is 0 Å². The molecule has 2 rings (SSSR count). The molecule has 5 nitrogen and oxygen atoms in total. The van der Waals surface area contributed by atoms with Crippen LogP contribution in [0.4, 0.5) is 0 Å². The second kappa shape index (κ2) is 6.02. The molecule has 1 atom stereocenters. The average Bonchev–Trinajstić information content (AvgIpc) is 2.39. The van der Waals surface area contributed by atoms with Gasteiger partial charge in [-0.2, -0.15) is 0 Å². The lowest BCUT2D eigenvalue weighted by atomic mass is 10.1. The highest BCUT2D eigenvalue weighted by atomic mass is 16.5. The van der Waals surface area contributed by atoms with Crippen molar-refractivity contribution in [2.24, 2.45) is 0 Å². The van der Waals surface area contributed by atoms with E-state index in [4.69, 9.17) is 9.15 Å². The Kier molecular flexibility index (Phi) is 4.38. The Labute approximate surface area is 107 Å². The fourth-order valence-corrected chi connectivity index (χ4v) is 2.33. The Morgan fingerprint density at radius 2 is 2.44 bits per heavy atom. The minimum absolute atomic E-state index is 0.124. The summed E-state index contributed by atoms with van der Waals surface area (Å²) in [4.78, 5) is 13.9. The van der Waals surface area contributed by atoms with Crippen molar-refractivity contribution in [3.05, 3.63) is 28.3 Å². The van der Waals surface area contributed by atoms with Crippen molar-refractivity contribution in [3.8, 4) is 5.75 Å². The van der Waals surface area contributed by atoms with E-state index in [-0.39, 0.29) is 11.2 Å². The van der Waals surface area contributed by atoms with Crippen molar-refractivity contribution < 1.29 is 9.15 Å². The molecule has 0 amide bonds. The molecule has 0 bridgehead atoms. The van der Waals surface area contributed by atoms with E-state index in [1.165, 1.54) is 32.3 Å². The van der Waals surface area contributed by atoms with Gasteiger partial charge in [0.15, 0.2) is 0 Å². The van der Waals surface area contributed by atoms with E-state index in [2.05, 4.69) is 10.2 Å². The summed E-state index contributed by atoms with van der Waals surface area (Å²) in [6.45, 7) is 2.72. The van der Waals surface area contributed by atoms with Crippen molar-refractivity contribution in [1.82, 2.24) is 10.2 Å². The van der Waals surface area contributed by atoms with Crippen LogP contribution in [0.25, 0.3) is 0 Å². The quantitative estimate of drug-likeness (QED) is 0.860. The third kappa shape index (κ3) is 3.11. The molecule has 1 N–H and O–H groups in total. The summed E-state index contributed by atoms with van der Waals surface area (Å²) in [5, 5.41) is 3.30. The van der Waals surface area contributed by atoms with Crippen LogP contribution >= 0.6 is 0 Å². The Balaban J connectivity index is 2.00. The van der Waals surface area contributed by atoms with Crippen molar-refractivity contribution in [3.63, 3.8) is 0 Å². The largest absolute Gasteiger partial charge is 0.490 e. The maximum absolute atomic E-state index is 11.6. The zero-order valence-corrected chi connectivity index (χ0v) is 10.9. The molecule has 0 aliphatic carbocycles. The van der Waals surface area contributed by atoms with Crippen LogP contribution in [0, 0.1) is 0 Å². The van der Waals surface area contributed by atoms with Crippen LogP contribution in [0.1, 0.15) is 18.6 Å². The predicted molar refractivity (Wildman–Crippen MR) is 68.9 cm³/mol. The SMILES string of the molecule is CNC1CCCN(Cc2cc(=O)c(OC)co2)C1. The Bertz CT molecular complexity index is 444. The second-order valence-electron chi connectivity index (χ2n) is 4.64. The number of likely N-dealkylation sites (N-methyl/N-ethyl adjacent to an activating group) is 1. The van der Waals surface area contributed by atoms with Crippen LogP contribution in [0.5, 0.6) is 5.75 Å². The number of nitrogens with one attached hydrogen (secondary N) is 1. The lowest BCUT2D eigenvalue weighted by Crippen LogP contribution is -2.43. The Hall–Kier alpha value is -1.33.